The van der Waals surface area contributed by atoms with Crippen LogP contribution >= 0.6 is 11.6 Å². The second-order valence-electron chi connectivity index (χ2n) is 4.11. The van der Waals surface area contributed by atoms with E-state index in [1.54, 1.807) is 0 Å². The van der Waals surface area contributed by atoms with Crippen LogP contribution < -0.4 is 21.1 Å². The minimum Gasteiger partial charge on any atom is -0.482 e. The van der Waals surface area contributed by atoms with E-state index in [4.69, 9.17) is 26.8 Å². The predicted octanol–water partition coefficient (Wildman–Crippen LogP) is 0.583. The van der Waals surface area contributed by atoms with Crippen LogP contribution in [-0.4, -0.2) is 38.2 Å². The summed E-state index contributed by atoms with van der Waals surface area (Å²) in [5.41, 5.74) is 6.24. The molecule has 108 valence electrons. The normalized spacial score (nSPS) is 14.8. The zero-order chi connectivity index (χ0) is 14.7. The third-order valence-electron chi connectivity index (χ3n) is 2.75. The van der Waals surface area contributed by atoms with Crippen LogP contribution in [0, 0.1) is 0 Å². The maximum Gasteiger partial charge on any atom is 0.262 e. The fourth-order valence-electron chi connectivity index (χ4n) is 1.72. The van der Waals surface area contributed by atoms with Crippen molar-refractivity contribution in [3.05, 3.63) is 17.2 Å². The van der Waals surface area contributed by atoms with E-state index < -0.39 is 12.0 Å². The number of fused-ring (bicyclic) bond motifs is 1. The number of amides is 2. The molecule has 1 atom stereocenters. The van der Waals surface area contributed by atoms with Crippen molar-refractivity contribution >= 4 is 34.8 Å². The summed E-state index contributed by atoms with van der Waals surface area (Å²) in [6, 6.07) is 3.05. The van der Waals surface area contributed by atoms with E-state index in [1.165, 1.54) is 19.2 Å². The van der Waals surface area contributed by atoms with Crippen LogP contribution in [0.5, 0.6) is 5.75 Å². The number of anilines is 2. The Bertz CT molecular complexity index is 546. The predicted molar refractivity (Wildman–Crippen MR) is 74.1 cm³/mol. The van der Waals surface area contributed by atoms with Gasteiger partial charge in [0.1, 0.15) is 11.9 Å². The smallest absolute Gasteiger partial charge is 0.262 e. The standard InChI is InChI=1S/C12H14ClN3O4/c1-19-10(4-14)12(18)16-7-3-9-8(2-6(7)13)15-11(17)5-20-9/h2-3,10H,4-5,14H2,1H3,(H,15,17)(H,16,18). The number of halogens is 1. The number of hydrogen-bond donors (Lipinski definition) is 3. The lowest BCUT2D eigenvalue weighted by atomic mass is 10.2. The highest BCUT2D eigenvalue weighted by molar-refractivity contribution is 6.34. The molecule has 0 spiro atoms. The molecule has 2 rings (SSSR count). The Morgan fingerprint density at radius 3 is 3.05 bits per heavy atom. The average molecular weight is 300 g/mol. The number of methoxy groups -OCH3 is 1. The highest BCUT2D eigenvalue weighted by atomic mass is 35.5. The van der Waals surface area contributed by atoms with E-state index in [1.807, 2.05) is 0 Å². The molecule has 0 aliphatic carbocycles. The molecule has 7 nitrogen and oxygen atoms in total. The molecule has 0 radical (unpaired) electrons. The lowest BCUT2D eigenvalue weighted by molar-refractivity contribution is -0.125. The van der Waals surface area contributed by atoms with Gasteiger partial charge in [-0.1, -0.05) is 11.6 Å². The molecule has 0 fully saturated rings. The van der Waals surface area contributed by atoms with Gasteiger partial charge in [0, 0.05) is 19.7 Å². The molecule has 1 heterocycles. The van der Waals surface area contributed by atoms with Gasteiger partial charge in [-0.05, 0) is 6.07 Å². The molecule has 1 aliphatic rings. The van der Waals surface area contributed by atoms with Gasteiger partial charge in [0.15, 0.2) is 6.61 Å². The quantitative estimate of drug-likeness (QED) is 0.755. The van der Waals surface area contributed by atoms with Crippen LogP contribution in [-0.2, 0) is 14.3 Å². The van der Waals surface area contributed by atoms with Crippen molar-refractivity contribution in [3.8, 4) is 5.75 Å². The van der Waals surface area contributed by atoms with Crippen LogP contribution in [0.4, 0.5) is 11.4 Å². The maximum absolute atomic E-state index is 11.9. The number of hydrogen-bond acceptors (Lipinski definition) is 5. The Balaban J connectivity index is 2.21. The van der Waals surface area contributed by atoms with Gasteiger partial charge in [0.05, 0.1) is 16.4 Å². The number of ether oxygens (including phenoxy) is 2. The van der Waals surface area contributed by atoms with Gasteiger partial charge in [0.25, 0.3) is 11.8 Å². The van der Waals surface area contributed by atoms with Gasteiger partial charge >= 0.3 is 0 Å². The Hall–Kier alpha value is -1.83. The van der Waals surface area contributed by atoms with Crippen LogP contribution in [0.3, 0.4) is 0 Å². The third-order valence-corrected chi connectivity index (χ3v) is 3.06. The van der Waals surface area contributed by atoms with E-state index in [0.29, 0.717) is 17.1 Å². The SMILES string of the molecule is COC(CN)C(=O)Nc1cc2c(cc1Cl)NC(=O)CO2. The summed E-state index contributed by atoms with van der Waals surface area (Å²) in [5, 5.41) is 5.50. The molecule has 20 heavy (non-hydrogen) atoms. The monoisotopic (exact) mass is 299 g/mol. The van der Waals surface area contributed by atoms with Gasteiger partial charge in [-0.25, -0.2) is 0 Å². The largest absolute Gasteiger partial charge is 0.482 e. The Morgan fingerprint density at radius 1 is 1.65 bits per heavy atom. The number of rotatable bonds is 4. The van der Waals surface area contributed by atoms with Crippen molar-refractivity contribution in [3.63, 3.8) is 0 Å². The Kier molecular flexibility index (Phi) is 4.43. The highest BCUT2D eigenvalue weighted by Crippen LogP contribution is 2.36. The maximum atomic E-state index is 11.9. The topological polar surface area (TPSA) is 103 Å². The molecule has 1 aliphatic heterocycles. The van der Waals surface area contributed by atoms with Crippen LogP contribution in [0.15, 0.2) is 12.1 Å². The van der Waals surface area contributed by atoms with E-state index in [0.717, 1.165) is 0 Å². The van der Waals surface area contributed by atoms with Gasteiger partial charge in [-0.15, -0.1) is 0 Å². The first-order valence-electron chi connectivity index (χ1n) is 5.85. The summed E-state index contributed by atoms with van der Waals surface area (Å²) in [4.78, 5) is 23.0. The summed E-state index contributed by atoms with van der Waals surface area (Å²) >= 11 is 6.05. The van der Waals surface area contributed by atoms with E-state index in [2.05, 4.69) is 10.6 Å². The van der Waals surface area contributed by atoms with Crippen LogP contribution in [0.25, 0.3) is 0 Å². The molecule has 8 heteroatoms. The molecule has 4 N–H and O–H groups in total. The molecular formula is C12H14ClN3O4. The summed E-state index contributed by atoms with van der Waals surface area (Å²) < 4.78 is 10.2. The lowest BCUT2D eigenvalue weighted by Crippen LogP contribution is -2.36. The van der Waals surface area contributed by atoms with Gasteiger partial charge in [0.2, 0.25) is 0 Å². The van der Waals surface area contributed by atoms with Gasteiger partial charge in [-0.2, -0.15) is 0 Å². The van der Waals surface area contributed by atoms with Crippen molar-refractivity contribution in [2.75, 3.05) is 30.9 Å². The molecule has 1 aromatic carbocycles. The summed E-state index contributed by atoms with van der Waals surface area (Å²) in [6.45, 7) is -0.0248. The van der Waals surface area contributed by atoms with Gasteiger partial charge in [-0.3, -0.25) is 9.59 Å². The second kappa shape index (κ2) is 6.08. The summed E-state index contributed by atoms with van der Waals surface area (Å²) in [5.74, 6) is -0.226. The van der Waals surface area contributed by atoms with Crippen molar-refractivity contribution in [2.45, 2.75) is 6.10 Å². The van der Waals surface area contributed by atoms with Crippen molar-refractivity contribution < 1.29 is 19.1 Å². The van der Waals surface area contributed by atoms with Crippen molar-refractivity contribution in [1.29, 1.82) is 0 Å². The lowest BCUT2D eigenvalue weighted by Gasteiger charge is -2.20. The highest BCUT2D eigenvalue weighted by Gasteiger charge is 2.21. The molecule has 2 amide bonds. The fraction of sp³-hybridized carbons (Fsp3) is 0.333. The van der Waals surface area contributed by atoms with E-state index >= 15 is 0 Å². The third kappa shape index (κ3) is 3.01. The van der Waals surface area contributed by atoms with Gasteiger partial charge < -0.3 is 25.8 Å². The molecule has 0 aromatic heterocycles. The first kappa shape index (κ1) is 14.6. The van der Waals surface area contributed by atoms with Crippen molar-refractivity contribution in [2.24, 2.45) is 5.73 Å². The molecule has 0 saturated carbocycles. The molecule has 1 unspecified atom stereocenters. The van der Waals surface area contributed by atoms with Crippen molar-refractivity contribution in [1.82, 2.24) is 0 Å². The minimum absolute atomic E-state index is 0.0530. The first-order valence-corrected chi connectivity index (χ1v) is 6.23. The Labute approximate surface area is 120 Å². The molecular weight excluding hydrogens is 286 g/mol. The average Bonchev–Trinajstić information content (AvgIpc) is 2.41. The first-order chi connectivity index (χ1) is 9.55. The minimum atomic E-state index is -0.761. The Morgan fingerprint density at radius 2 is 2.40 bits per heavy atom. The number of benzene rings is 1. The summed E-state index contributed by atoms with van der Waals surface area (Å²) in [6.07, 6.45) is -0.761. The zero-order valence-corrected chi connectivity index (χ0v) is 11.5. The second-order valence-corrected chi connectivity index (χ2v) is 4.52. The zero-order valence-electron chi connectivity index (χ0n) is 10.7. The number of carbonyl (C=O) groups excluding carboxylic acids is 2. The van der Waals surface area contributed by atoms with Crippen LogP contribution in [0.1, 0.15) is 0 Å². The molecule has 0 bridgehead atoms. The van der Waals surface area contributed by atoms with Crippen LogP contribution in [0.2, 0.25) is 5.02 Å². The van der Waals surface area contributed by atoms with E-state index in [-0.39, 0.29) is 24.1 Å². The fourth-order valence-corrected chi connectivity index (χ4v) is 1.93. The number of nitrogens with two attached hydrogens (primary N) is 1. The number of carbonyl (C=O) groups is 2. The molecule has 0 saturated heterocycles. The molecule has 1 aromatic rings. The number of nitrogens with one attached hydrogen (secondary N) is 2. The summed E-state index contributed by atoms with van der Waals surface area (Å²) in [7, 11) is 1.39. The van der Waals surface area contributed by atoms with E-state index in [9.17, 15) is 9.59 Å².